The van der Waals surface area contributed by atoms with E-state index in [0.29, 0.717) is 9.18 Å². The van der Waals surface area contributed by atoms with Gasteiger partial charge in [-0.1, -0.05) is 0 Å². The van der Waals surface area contributed by atoms with E-state index in [1.54, 1.807) is 0 Å². The van der Waals surface area contributed by atoms with Crippen LogP contribution in [0.5, 0.6) is 0 Å². The lowest BCUT2D eigenvalue weighted by Gasteiger charge is -2.14. The van der Waals surface area contributed by atoms with Crippen molar-refractivity contribution in [3.63, 3.8) is 0 Å². The van der Waals surface area contributed by atoms with Crippen LogP contribution in [0.15, 0.2) is 16.3 Å². The number of hydrogen-bond donors (Lipinski definition) is 1. The summed E-state index contributed by atoms with van der Waals surface area (Å²) in [6.07, 6.45) is -3.05. The monoisotopic (exact) mass is 299 g/mol. The summed E-state index contributed by atoms with van der Waals surface area (Å²) in [6.45, 7) is -0.894. The van der Waals surface area contributed by atoms with Crippen LogP contribution in [0.3, 0.4) is 0 Å². The van der Waals surface area contributed by atoms with E-state index in [2.05, 4.69) is 0 Å². The van der Waals surface area contributed by atoms with Crippen molar-refractivity contribution in [3.05, 3.63) is 17.0 Å². The number of alkyl halides is 2. The first-order chi connectivity index (χ1) is 8.23. The molecule has 18 heavy (non-hydrogen) atoms. The average Bonchev–Trinajstić information content (AvgIpc) is 2.64. The topological polar surface area (TPSA) is 74.7 Å². The molecule has 0 aromatic carbocycles. The number of thiophene rings is 1. The van der Waals surface area contributed by atoms with E-state index in [1.165, 1.54) is 12.1 Å². The van der Waals surface area contributed by atoms with Crippen LogP contribution in [0.1, 0.15) is 4.88 Å². The van der Waals surface area contributed by atoms with E-state index in [0.717, 1.165) is 18.4 Å². The predicted octanol–water partition coefficient (Wildman–Crippen LogP) is 1.26. The first-order valence-electron chi connectivity index (χ1n) is 4.78. The van der Waals surface area contributed by atoms with E-state index < -0.39 is 29.0 Å². The van der Waals surface area contributed by atoms with Gasteiger partial charge in [0.05, 0.1) is 13.0 Å². The largest absolute Gasteiger partial charge is 0.481 e. The summed E-state index contributed by atoms with van der Waals surface area (Å²) in [5.74, 6) is -1.08. The van der Waals surface area contributed by atoms with Gasteiger partial charge in [0, 0.05) is 11.9 Å². The van der Waals surface area contributed by atoms with Gasteiger partial charge in [0.1, 0.15) is 4.21 Å². The maximum atomic E-state index is 12.1. The third-order valence-electron chi connectivity index (χ3n) is 2.02. The smallest absolute Gasteiger partial charge is 0.308 e. The molecule has 0 atom stereocenters. The molecule has 0 aliphatic rings. The van der Waals surface area contributed by atoms with E-state index in [9.17, 15) is 22.0 Å². The Morgan fingerprint density at radius 1 is 1.50 bits per heavy atom. The van der Waals surface area contributed by atoms with Crippen molar-refractivity contribution in [1.82, 2.24) is 4.31 Å². The molecule has 0 amide bonds. The lowest BCUT2D eigenvalue weighted by atomic mass is 10.3. The summed E-state index contributed by atoms with van der Waals surface area (Å²) < 4.78 is 48.3. The maximum absolute atomic E-state index is 12.1. The van der Waals surface area contributed by atoms with Crippen LogP contribution in [0, 0.1) is 0 Å². The minimum Gasteiger partial charge on any atom is -0.481 e. The second-order valence-corrected chi connectivity index (χ2v) is 6.91. The molecule has 0 aliphatic carbocycles. The fourth-order valence-corrected chi connectivity index (χ4v) is 3.89. The standard InChI is InChI=1S/C9H11F2NO4S2/c1-12(5-7(10)11)18(15,16)9-3-2-6(17-9)4-8(13)14/h2-3,7H,4-5H2,1H3,(H,13,14). The van der Waals surface area contributed by atoms with Gasteiger partial charge in [-0.15, -0.1) is 11.3 Å². The van der Waals surface area contributed by atoms with Gasteiger partial charge < -0.3 is 5.11 Å². The molecule has 1 aromatic rings. The fourth-order valence-electron chi connectivity index (χ4n) is 1.19. The molecule has 0 saturated heterocycles. The number of halogens is 2. The van der Waals surface area contributed by atoms with Gasteiger partial charge in [0.15, 0.2) is 0 Å². The molecule has 1 aromatic heterocycles. The molecular formula is C9H11F2NO4S2. The minimum atomic E-state index is -3.97. The number of carboxylic acids is 1. The zero-order valence-corrected chi connectivity index (χ0v) is 11.0. The molecule has 0 aliphatic heterocycles. The summed E-state index contributed by atoms with van der Waals surface area (Å²) >= 11 is 0.768. The fraction of sp³-hybridized carbons (Fsp3) is 0.444. The van der Waals surface area contributed by atoms with Crippen molar-refractivity contribution in [3.8, 4) is 0 Å². The van der Waals surface area contributed by atoms with Gasteiger partial charge in [0.25, 0.3) is 16.4 Å². The van der Waals surface area contributed by atoms with E-state index in [4.69, 9.17) is 5.11 Å². The van der Waals surface area contributed by atoms with Crippen LogP contribution < -0.4 is 0 Å². The second kappa shape index (κ2) is 5.72. The third-order valence-corrected chi connectivity index (χ3v) is 5.40. The first kappa shape index (κ1) is 15.0. The van der Waals surface area contributed by atoms with Crippen LogP contribution in [0.4, 0.5) is 8.78 Å². The number of rotatable bonds is 6. The van der Waals surface area contributed by atoms with Gasteiger partial charge in [-0.05, 0) is 12.1 Å². The Morgan fingerprint density at radius 2 is 2.11 bits per heavy atom. The highest BCUT2D eigenvalue weighted by Crippen LogP contribution is 2.25. The highest BCUT2D eigenvalue weighted by Gasteiger charge is 2.25. The number of hydrogen-bond acceptors (Lipinski definition) is 4. The molecule has 5 nitrogen and oxygen atoms in total. The number of carbonyl (C=O) groups is 1. The Bertz CT molecular complexity index is 526. The van der Waals surface area contributed by atoms with Crippen molar-refractivity contribution in [1.29, 1.82) is 0 Å². The van der Waals surface area contributed by atoms with Gasteiger partial charge in [-0.2, -0.15) is 4.31 Å². The van der Waals surface area contributed by atoms with Crippen molar-refractivity contribution in [2.24, 2.45) is 0 Å². The Balaban J connectivity index is 2.91. The average molecular weight is 299 g/mol. The van der Waals surface area contributed by atoms with E-state index in [-0.39, 0.29) is 10.6 Å². The Hall–Kier alpha value is -1.06. The molecule has 102 valence electrons. The van der Waals surface area contributed by atoms with Gasteiger partial charge in [0.2, 0.25) is 0 Å². The minimum absolute atomic E-state index is 0.137. The lowest BCUT2D eigenvalue weighted by Crippen LogP contribution is -2.30. The number of nitrogens with zero attached hydrogens (tertiary/aromatic N) is 1. The van der Waals surface area contributed by atoms with Gasteiger partial charge in [-0.3, -0.25) is 4.79 Å². The van der Waals surface area contributed by atoms with Crippen LogP contribution >= 0.6 is 11.3 Å². The summed E-state index contributed by atoms with van der Waals surface area (Å²) in [4.78, 5) is 10.8. The molecule has 0 saturated carbocycles. The second-order valence-electron chi connectivity index (χ2n) is 3.47. The van der Waals surface area contributed by atoms with Gasteiger partial charge in [-0.25, -0.2) is 17.2 Å². The highest BCUT2D eigenvalue weighted by molar-refractivity contribution is 7.91. The van der Waals surface area contributed by atoms with Crippen LogP contribution in [-0.2, 0) is 21.2 Å². The predicted molar refractivity (Wildman–Crippen MR) is 61.5 cm³/mol. The van der Waals surface area contributed by atoms with Gasteiger partial charge >= 0.3 is 5.97 Å². The quantitative estimate of drug-likeness (QED) is 0.858. The molecular weight excluding hydrogens is 288 g/mol. The van der Waals surface area contributed by atoms with Crippen molar-refractivity contribution in [2.45, 2.75) is 17.1 Å². The summed E-state index contributed by atoms with van der Waals surface area (Å²) in [7, 11) is -2.92. The Morgan fingerprint density at radius 3 is 2.61 bits per heavy atom. The van der Waals surface area contributed by atoms with E-state index in [1.807, 2.05) is 0 Å². The highest BCUT2D eigenvalue weighted by atomic mass is 32.2. The Kier molecular flexibility index (Phi) is 4.77. The molecule has 1 rings (SSSR count). The maximum Gasteiger partial charge on any atom is 0.308 e. The van der Waals surface area contributed by atoms with Crippen LogP contribution in [0.25, 0.3) is 0 Å². The summed E-state index contributed by atoms with van der Waals surface area (Å²) in [5, 5.41) is 8.55. The third kappa shape index (κ3) is 3.72. The van der Waals surface area contributed by atoms with Crippen molar-refractivity contribution in [2.75, 3.05) is 13.6 Å². The molecule has 9 heteroatoms. The number of sulfonamides is 1. The Labute approximate surface area is 107 Å². The molecule has 0 fully saturated rings. The SMILES string of the molecule is CN(CC(F)F)S(=O)(=O)c1ccc(CC(=O)O)s1. The zero-order chi connectivity index (χ0) is 13.9. The normalized spacial score (nSPS) is 12.3. The molecule has 0 spiro atoms. The van der Waals surface area contributed by atoms with Crippen LogP contribution in [0.2, 0.25) is 0 Å². The first-order valence-corrected chi connectivity index (χ1v) is 7.04. The van der Waals surface area contributed by atoms with Crippen molar-refractivity contribution >= 4 is 27.3 Å². The molecule has 0 unspecified atom stereocenters. The summed E-state index contributed by atoms with van der Waals surface area (Å²) in [5.41, 5.74) is 0. The molecule has 1 N–H and O–H groups in total. The van der Waals surface area contributed by atoms with Crippen LogP contribution in [-0.4, -0.2) is 43.8 Å². The number of carboxylic acid groups (broad SMARTS) is 1. The zero-order valence-electron chi connectivity index (χ0n) is 9.34. The molecule has 0 radical (unpaired) electrons. The molecule has 1 heterocycles. The van der Waals surface area contributed by atoms with Crippen molar-refractivity contribution < 1.29 is 27.1 Å². The van der Waals surface area contributed by atoms with E-state index >= 15 is 0 Å². The summed E-state index contributed by atoms with van der Waals surface area (Å²) in [6, 6.07) is 2.59. The lowest BCUT2D eigenvalue weighted by molar-refractivity contribution is -0.136. The number of aliphatic carboxylic acids is 1. The molecule has 0 bridgehead atoms.